The second-order valence-corrected chi connectivity index (χ2v) is 4.78. The number of nitrogens with zero attached hydrogens (tertiary/aromatic N) is 4. The lowest BCUT2D eigenvalue weighted by atomic mass is 10.2. The number of rotatable bonds is 0. The molecule has 17 heavy (non-hydrogen) atoms. The van der Waals surface area contributed by atoms with Crippen molar-refractivity contribution >= 4 is 28.7 Å². The van der Waals surface area contributed by atoms with Crippen molar-refractivity contribution in [2.75, 3.05) is 0 Å². The van der Waals surface area contributed by atoms with Crippen LogP contribution in [0.15, 0.2) is 12.4 Å². The predicted octanol–water partition coefficient (Wildman–Crippen LogP) is 2.26. The van der Waals surface area contributed by atoms with Crippen LogP contribution in [0.4, 0.5) is 4.79 Å². The molecule has 0 spiro atoms. The molecule has 0 aliphatic heterocycles. The van der Waals surface area contributed by atoms with Gasteiger partial charge in [0.05, 0.1) is 12.4 Å². The third-order valence-electron chi connectivity index (χ3n) is 1.86. The minimum absolute atomic E-state index is 0.112. The van der Waals surface area contributed by atoms with Crippen LogP contribution in [0, 0.1) is 0 Å². The zero-order chi connectivity index (χ0) is 12.6. The third-order valence-corrected chi connectivity index (χ3v) is 2.04. The van der Waals surface area contributed by atoms with Crippen molar-refractivity contribution in [2.45, 2.75) is 26.4 Å². The Bertz CT molecular complexity index is 573. The van der Waals surface area contributed by atoms with E-state index >= 15 is 0 Å². The molecular formula is C10H11ClN4O2. The van der Waals surface area contributed by atoms with Crippen LogP contribution in [0.1, 0.15) is 20.8 Å². The zero-order valence-corrected chi connectivity index (χ0v) is 10.4. The highest BCUT2D eigenvalue weighted by atomic mass is 35.5. The van der Waals surface area contributed by atoms with E-state index in [0.717, 1.165) is 4.68 Å². The van der Waals surface area contributed by atoms with Crippen LogP contribution in [0.2, 0.25) is 5.28 Å². The molecule has 0 aromatic carbocycles. The molecule has 0 N–H and O–H groups in total. The van der Waals surface area contributed by atoms with Crippen molar-refractivity contribution in [3.8, 4) is 0 Å². The Morgan fingerprint density at radius 2 is 2.12 bits per heavy atom. The molecule has 0 unspecified atom stereocenters. The van der Waals surface area contributed by atoms with Gasteiger partial charge in [0.25, 0.3) is 0 Å². The highest BCUT2D eigenvalue weighted by Gasteiger charge is 2.20. The highest BCUT2D eigenvalue weighted by Crippen LogP contribution is 2.15. The van der Waals surface area contributed by atoms with Gasteiger partial charge in [0.15, 0.2) is 0 Å². The normalized spacial score (nSPS) is 11.8. The number of carbonyl (C=O) groups is 1. The van der Waals surface area contributed by atoms with Gasteiger partial charge in [-0.15, -0.1) is 0 Å². The summed E-state index contributed by atoms with van der Waals surface area (Å²) in [7, 11) is 0. The molecule has 0 atom stereocenters. The molecule has 6 nitrogen and oxygen atoms in total. The second kappa shape index (κ2) is 3.96. The molecule has 0 aliphatic carbocycles. The van der Waals surface area contributed by atoms with E-state index in [1.54, 1.807) is 20.8 Å². The molecule has 0 fully saturated rings. The van der Waals surface area contributed by atoms with Gasteiger partial charge in [-0.2, -0.15) is 9.78 Å². The van der Waals surface area contributed by atoms with E-state index in [0.29, 0.717) is 11.0 Å². The Labute approximate surface area is 103 Å². The molecule has 7 heteroatoms. The summed E-state index contributed by atoms with van der Waals surface area (Å²) in [6, 6.07) is 0. The summed E-state index contributed by atoms with van der Waals surface area (Å²) >= 11 is 5.64. The van der Waals surface area contributed by atoms with Crippen LogP contribution >= 0.6 is 11.6 Å². The van der Waals surface area contributed by atoms with Crippen molar-refractivity contribution in [2.24, 2.45) is 0 Å². The fraction of sp³-hybridized carbons (Fsp3) is 0.400. The van der Waals surface area contributed by atoms with Crippen molar-refractivity contribution in [3.05, 3.63) is 17.7 Å². The minimum atomic E-state index is -0.581. The first-order valence-electron chi connectivity index (χ1n) is 4.96. The predicted molar refractivity (Wildman–Crippen MR) is 62.0 cm³/mol. The summed E-state index contributed by atoms with van der Waals surface area (Å²) in [4.78, 5) is 19.6. The molecule has 0 amide bonds. The summed E-state index contributed by atoms with van der Waals surface area (Å²) in [5, 5.41) is 4.01. The minimum Gasteiger partial charge on any atom is -0.442 e. The summed E-state index contributed by atoms with van der Waals surface area (Å²) in [5.74, 6) is 0. The molecule has 2 aromatic heterocycles. The molecule has 0 aliphatic rings. The van der Waals surface area contributed by atoms with Gasteiger partial charge in [-0.05, 0) is 32.4 Å². The number of halogens is 1. The van der Waals surface area contributed by atoms with Gasteiger partial charge in [0.1, 0.15) is 16.6 Å². The second-order valence-electron chi connectivity index (χ2n) is 4.45. The van der Waals surface area contributed by atoms with Crippen LogP contribution in [-0.4, -0.2) is 31.4 Å². The van der Waals surface area contributed by atoms with E-state index in [4.69, 9.17) is 16.3 Å². The van der Waals surface area contributed by atoms with Gasteiger partial charge >= 0.3 is 6.09 Å². The van der Waals surface area contributed by atoms with Crippen LogP contribution in [0.5, 0.6) is 0 Å². The van der Waals surface area contributed by atoms with Crippen LogP contribution in [0.3, 0.4) is 0 Å². The lowest BCUT2D eigenvalue weighted by Gasteiger charge is -2.18. The van der Waals surface area contributed by atoms with E-state index in [2.05, 4.69) is 15.1 Å². The molecule has 2 heterocycles. The maximum Gasteiger partial charge on any atom is 0.435 e. The Morgan fingerprint density at radius 3 is 2.76 bits per heavy atom. The molecule has 0 bridgehead atoms. The van der Waals surface area contributed by atoms with Crippen molar-refractivity contribution in [3.63, 3.8) is 0 Å². The van der Waals surface area contributed by atoms with Gasteiger partial charge in [-0.3, -0.25) is 0 Å². The molecule has 0 saturated carbocycles. The first-order chi connectivity index (χ1) is 7.87. The fourth-order valence-corrected chi connectivity index (χ4v) is 1.39. The number of fused-ring (bicyclic) bond motifs is 1. The smallest absolute Gasteiger partial charge is 0.435 e. The van der Waals surface area contributed by atoms with Crippen molar-refractivity contribution in [1.29, 1.82) is 0 Å². The van der Waals surface area contributed by atoms with Crippen LogP contribution in [0.25, 0.3) is 11.0 Å². The maximum atomic E-state index is 11.8. The topological polar surface area (TPSA) is 69.9 Å². The molecule has 2 aromatic rings. The molecule has 2 rings (SSSR count). The number of ether oxygens (including phenoxy) is 1. The van der Waals surface area contributed by atoms with Gasteiger partial charge < -0.3 is 4.74 Å². The van der Waals surface area contributed by atoms with Gasteiger partial charge in [-0.1, -0.05) is 0 Å². The molecular weight excluding hydrogens is 244 g/mol. The SMILES string of the molecule is CC(C)(C)OC(=O)n1ncc2nc(Cl)ncc21. The summed E-state index contributed by atoms with van der Waals surface area (Å²) in [6.45, 7) is 5.35. The van der Waals surface area contributed by atoms with E-state index in [1.165, 1.54) is 12.4 Å². The van der Waals surface area contributed by atoms with Gasteiger partial charge in [-0.25, -0.2) is 14.8 Å². The quantitative estimate of drug-likeness (QED) is 0.675. The highest BCUT2D eigenvalue weighted by molar-refractivity contribution is 6.28. The average molecular weight is 255 g/mol. The summed E-state index contributed by atoms with van der Waals surface area (Å²) in [6.07, 6.45) is 2.30. The lowest BCUT2D eigenvalue weighted by Crippen LogP contribution is -2.27. The lowest BCUT2D eigenvalue weighted by molar-refractivity contribution is 0.0522. The van der Waals surface area contributed by atoms with Crippen molar-refractivity contribution in [1.82, 2.24) is 19.7 Å². The number of hydrogen-bond acceptors (Lipinski definition) is 5. The fourth-order valence-electron chi connectivity index (χ4n) is 1.25. The Morgan fingerprint density at radius 1 is 1.41 bits per heavy atom. The third kappa shape index (κ3) is 2.52. The molecule has 90 valence electrons. The molecule has 0 radical (unpaired) electrons. The van der Waals surface area contributed by atoms with Gasteiger partial charge in [0, 0.05) is 0 Å². The monoisotopic (exact) mass is 254 g/mol. The van der Waals surface area contributed by atoms with Crippen LogP contribution in [-0.2, 0) is 4.74 Å². The first-order valence-corrected chi connectivity index (χ1v) is 5.34. The van der Waals surface area contributed by atoms with E-state index in [1.807, 2.05) is 0 Å². The molecule has 0 saturated heterocycles. The Hall–Kier alpha value is -1.69. The van der Waals surface area contributed by atoms with E-state index < -0.39 is 11.7 Å². The number of carbonyl (C=O) groups excluding carboxylic acids is 1. The standard InChI is InChI=1S/C10H11ClN4O2/c1-10(2,3)17-9(16)15-7-5-12-8(11)14-6(7)4-13-15/h4-5H,1-3H3. The largest absolute Gasteiger partial charge is 0.442 e. The first kappa shape index (κ1) is 11.8. The zero-order valence-electron chi connectivity index (χ0n) is 9.64. The van der Waals surface area contributed by atoms with Crippen molar-refractivity contribution < 1.29 is 9.53 Å². The maximum absolute atomic E-state index is 11.8. The van der Waals surface area contributed by atoms with E-state index in [9.17, 15) is 4.79 Å². The summed E-state index contributed by atoms with van der Waals surface area (Å²) < 4.78 is 6.30. The number of hydrogen-bond donors (Lipinski definition) is 0. The van der Waals surface area contributed by atoms with Crippen LogP contribution < -0.4 is 0 Å². The Balaban J connectivity index is 2.40. The van der Waals surface area contributed by atoms with Gasteiger partial charge in [0.2, 0.25) is 5.28 Å². The van der Waals surface area contributed by atoms with E-state index in [-0.39, 0.29) is 5.28 Å². The average Bonchev–Trinajstić information content (AvgIpc) is 2.57. The summed E-state index contributed by atoms with van der Waals surface area (Å²) in [5.41, 5.74) is 0.377. The Kier molecular flexibility index (Phi) is 2.74. The number of aromatic nitrogens is 4.